The third-order valence-electron chi connectivity index (χ3n) is 5.77. The molecule has 0 aromatic heterocycles. The van der Waals surface area contributed by atoms with Crippen LogP contribution in [-0.2, 0) is 16.0 Å². The second-order valence-electron chi connectivity index (χ2n) is 7.44. The maximum absolute atomic E-state index is 12.9. The molecule has 3 rings (SSSR count). The standard InChI is InChI=1S/C20H29NO4/c1-2-15-3-4-16(25-21)12-17(15)20-18(22)10-14(11-19(20)23)9-13-5-7-24-8-6-13/h3-4,12-14,18,20,22H,2,5-11,21H2,1H3. The van der Waals surface area contributed by atoms with Crippen LogP contribution in [-0.4, -0.2) is 30.2 Å². The molecule has 3 unspecified atom stereocenters. The van der Waals surface area contributed by atoms with E-state index in [1.165, 1.54) is 0 Å². The van der Waals surface area contributed by atoms with Gasteiger partial charge in [0.1, 0.15) is 11.5 Å². The van der Waals surface area contributed by atoms with E-state index in [2.05, 4.69) is 6.92 Å². The van der Waals surface area contributed by atoms with Gasteiger partial charge in [0.05, 0.1) is 12.0 Å². The SMILES string of the molecule is CCc1ccc(ON)cc1C1C(=O)CC(CC2CCOCC2)CC1O. The van der Waals surface area contributed by atoms with Crippen LogP contribution in [0.4, 0.5) is 0 Å². The normalized spacial score (nSPS) is 28.1. The van der Waals surface area contributed by atoms with Crippen LogP contribution >= 0.6 is 0 Å². The molecule has 1 heterocycles. The second kappa shape index (κ2) is 8.30. The van der Waals surface area contributed by atoms with E-state index in [1.807, 2.05) is 12.1 Å². The number of ether oxygens (including phenoxy) is 1. The lowest BCUT2D eigenvalue weighted by atomic mass is 9.71. The van der Waals surface area contributed by atoms with Crippen molar-refractivity contribution in [3.8, 4) is 5.75 Å². The number of hydrogen-bond acceptors (Lipinski definition) is 5. The van der Waals surface area contributed by atoms with E-state index in [9.17, 15) is 9.90 Å². The summed E-state index contributed by atoms with van der Waals surface area (Å²) >= 11 is 0. The molecule has 2 aliphatic rings. The zero-order valence-corrected chi connectivity index (χ0v) is 14.9. The second-order valence-corrected chi connectivity index (χ2v) is 7.44. The molecule has 1 aliphatic carbocycles. The maximum atomic E-state index is 12.9. The minimum atomic E-state index is -0.635. The van der Waals surface area contributed by atoms with E-state index in [1.54, 1.807) is 6.07 Å². The molecule has 0 radical (unpaired) electrons. The van der Waals surface area contributed by atoms with Gasteiger partial charge >= 0.3 is 0 Å². The smallest absolute Gasteiger partial charge is 0.147 e. The van der Waals surface area contributed by atoms with Crippen LogP contribution in [0.25, 0.3) is 0 Å². The first-order valence-corrected chi connectivity index (χ1v) is 9.40. The molecule has 1 saturated heterocycles. The van der Waals surface area contributed by atoms with Crippen LogP contribution in [0.3, 0.4) is 0 Å². The Kier molecular flexibility index (Phi) is 6.10. The van der Waals surface area contributed by atoms with Gasteiger partial charge in [-0.2, -0.15) is 5.90 Å². The Morgan fingerprint density at radius 2 is 2.04 bits per heavy atom. The molecule has 0 amide bonds. The van der Waals surface area contributed by atoms with Crippen molar-refractivity contribution in [3.63, 3.8) is 0 Å². The highest BCUT2D eigenvalue weighted by Gasteiger charge is 2.38. The lowest BCUT2D eigenvalue weighted by Gasteiger charge is -2.35. The number of aryl methyl sites for hydroxylation is 1. The van der Waals surface area contributed by atoms with Crippen LogP contribution in [0.2, 0.25) is 0 Å². The van der Waals surface area contributed by atoms with Crippen molar-refractivity contribution < 1.29 is 19.5 Å². The van der Waals surface area contributed by atoms with E-state index in [-0.39, 0.29) is 11.7 Å². The summed E-state index contributed by atoms with van der Waals surface area (Å²) in [6.45, 7) is 3.69. The molecular weight excluding hydrogens is 318 g/mol. The Labute approximate surface area is 149 Å². The van der Waals surface area contributed by atoms with Crippen LogP contribution in [0.15, 0.2) is 18.2 Å². The van der Waals surface area contributed by atoms with Crippen LogP contribution in [0.5, 0.6) is 5.75 Å². The summed E-state index contributed by atoms with van der Waals surface area (Å²) in [4.78, 5) is 17.7. The predicted molar refractivity (Wildman–Crippen MR) is 95.3 cm³/mol. The highest BCUT2D eigenvalue weighted by atomic mass is 16.6. The van der Waals surface area contributed by atoms with Crippen molar-refractivity contribution >= 4 is 5.78 Å². The molecule has 0 bridgehead atoms. The van der Waals surface area contributed by atoms with E-state index >= 15 is 0 Å². The fourth-order valence-corrected chi connectivity index (χ4v) is 4.46. The minimum Gasteiger partial charge on any atom is -0.412 e. The zero-order valence-electron chi connectivity index (χ0n) is 14.9. The largest absolute Gasteiger partial charge is 0.412 e. The number of rotatable bonds is 5. The quantitative estimate of drug-likeness (QED) is 0.801. The first-order valence-electron chi connectivity index (χ1n) is 9.40. The summed E-state index contributed by atoms with van der Waals surface area (Å²) in [5.41, 5.74) is 1.94. The number of ketones is 1. The zero-order chi connectivity index (χ0) is 17.8. The van der Waals surface area contributed by atoms with Crippen molar-refractivity contribution in [2.24, 2.45) is 17.7 Å². The topological polar surface area (TPSA) is 81.8 Å². The molecule has 3 atom stereocenters. The van der Waals surface area contributed by atoms with Gasteiger partial charge in [0, 0.05) is 19.6 Å². The van der Waals surface area contributed by atoms with Crippen molar-refractivity contribution in [1.82, 2.24) is 0 Å². The molecular formula is C20H29NO4. The summed E-state index contributed by atoms with van der Waals surface area (Å²) in [6.07, 6.45) is 4.57. The molecule has 138 valence electrons. The number of hydrogen-bond donors (Lipinski definition) is 2. The molecule has 2 fully saturated rings. The van der Waals surface area contributed by atoms with Crippen LogP contribution in [0, 0.1) is 11.8 Å². The average molecular weight is 347 g/mol. The lowest BCUT2D eigenvalue weighted by molar-refractivity contribution is -0.127. The highest BCUT2D eigenvalue weighted by Crippen LogP contribution is 2.39. The summed E-state index contributed by atoms with van der Waals surface area (Å²) in [5.74, 6) is 6.38. The van der Waals surface area contributed by atoms with Gasteiger partial charge < -0.3 is 14.7 Å². The van der Waals surface area contributed by atoms with Crippen LogP contribution < -0.4 is 10.7 Å². The number of benzene rings is 1. The first-order chi connectivity index (χ1) is 12.1. The van der Waals surface area contributed by atoms with Gasteiger partial charge in [-0.15, -0.1) is 0 Å². The summed E-state index contributed by atoms with van der Waals surface area (Å²) in [5, 5.41) is 10.8. The van der Waals surface area contributed by atoms with Gasteiger partial charge in [-0.25, -0.2) is 0 Å². The summed E-state index contributed by atoms with van der Waals surface area (Å²) in [7, 11) is 0. The number of Topliss-reactive ketones (excluding diaryl/α,β-unsaturated/α-hetero) is 1. The molecule has 5 heteroatoms. The van der Waals surface area contributed by atoms with Gasteiger partial charge in [0.25, 0.3) is 0 Å². The molecule has 1 saturated carbocycles. The maximum Gasteiger partial charge on any atom is 0.147 e. The number of carbonyl (C=O) groups excluding carboxylic acids is 1. The Balaban J connectivity index is 1.73. The molecule has 1 aromatic rings. The van der Waals surface area contributed by atoms with Gasteiger partial charge in [-0.3, -0.25) is 4.79 Å². The number of nitrogens with two attached hydrogens (primary N) is 1. The van der Waals surface area contributed by atoms with Crippen molar-refractivity contribution in [3.05, 3.63) is 29.3 Å². The monoisotopic (exact) mass is 347 g/mol. The summed E-state index contributed by atoms with van der Waals surface area (Å²) < 4.78 is 5.41. The number of aliphatic hydroxyl groups excluding tert-OH is 1. The van der Waals surface area contributed by atoms with Crippen molar-refractivity contribution in [2.75, 3.05) is 13.2 Å². The molecule has 0 spiro atoms. The average Bonchev–Trinajstić information content (AvgIpc) is 2.62. The lowest BCUT2D eigenvalue weighted by Crippen LogP contribution is -2.36. The number of aliphatic hydroxyl groups is 1. The predicted octanol–water partition coefficient (Wildman–Crippen LogP) is 2.74. The molecule has 3 N–H and O–H groups in total. The van der Waals surface area contributed by atoms with Crippen molar-refractivity contribution in [1.29, 1.82) is 0 Å². The third kappa shape index (κ3) is 4.22. The fraction of sp³-hybridized carbons (Fsp3) is 0.650. The fourth-order valence-electron chi connectivity index (χ4n) is 4.46. The number of carbonyl (C=O) groups is 1. The molecule has 25 heavy (non-hydrogen) atoms. The first kappa shape index (κ1) is 18.4. The van der Waals surface area contributed by atoms with Gasteiger partial charge in [0.15, 0.2) is 0 Å². The van der Waals surface area contributed by atoms with Crippen LogP contribution in [0.1, 0.15) is 56.1 Å². The van der Waals surface area contributed by atoms with Gasteiger partial charge in [0.2, 0.25) is 0 Å². The molecule has 5 nitrogen and oxygen atoms in total. The van der Waals surface area contributed by atoms with Crippen molar-refractivity contribution in [2.45, 2.75) is 57.5 Å². The minimum absolute atomic E-state index is 0.139. The highest BCUT2D eigenvalue weighted by molar-refractivity contribution is 5.88. The molecule has 1 aromatic carbocycles. The Bertz CT molecular complexity index is 597. The third-order valence-corrected chi connectivity index (χ3v) is 5.77. The van der Waals surface area contributed by atoms with E-state index in [0.717, 1.165) is 50.0 Å². The Hall–Kier alpha value is -1.43. The Morgan fingerprint density at radius 3 is 2.68 bits per heavy atom. The molecule has 1 aliphatic heterocycles. The van der Waals surface area contributed by atoms with E-state index in [4.69, 9.17) is 15.5 Å². The van der Waals surface area contributed by atoms with E-state index < -0.39 is 12.0 Å². The van der Waals surface area contributed by atoms with E-state index in [0.29, 0.717) is 24.5 Å². The summed E-state index contributed by atoms with van der Waals surface area (Å²) in [6, 6.07) is 5.55. The Morgan fingerprint density at radius 1 is 1.28 bits per heavy atom. The van der Waals surface area contributed by atoms with Gasteiger partial charge in [-0.1, -0.05) is 13.0 Å². The van der Waals surface area contributed by atoms with Gasteiger partial charge in [-0.05, 0) is 67.2 Å².